The SMILES string of the molecule is CC1CCN(c2cc3c(cc2F)C(=O)N(C2CCC(=O)NC2=O)C3)CC1. The summed E-state index contributed by atoms with van der Waals surface area (Å²) >= 11 is 0. The van der Waals surface area contributed by atoms with Gasteiger partial charge < -0.3 is 9.80 Å². The van der Waals surface area contributed by atoms with Crippen molar-refractivity contribution in [2.24, 2.45) is 5.92 Å². The Hall–Kier alpha value is -2.44. The van der Waals surface area contributed by atoms with E-state index in [2.05, 4.69) is 12.2 Å². The van der Waals surface area contributed by atoms with Crippen LogP contribution in [0.5, 0.6) is 0 Å². The number of rotatable bonds is 2. The molecule has 3 aliphatic heterocycles. The molecule has 1 aromatic rings. The van der Waals surface area contributed by atoms with E-state index in [1.165, 1.54) is 11.0 Å². The zero-order chi connectivity index (χ0) is 18.4. The van der Waals surface area contributed by atoms with E-state index in [1.54, 1.807) is 6.07 Å². The number of piperidine rings is 2. The van der Waals surface area contributed by atoms with Crippen molar-refractivity contribution in [2.45, 2.75) is 45.2 Å². The van der Waals surface area contributed by atoms with E-state index in [9.17, 15) is 18.8 Å². The maximum absolute atomic E-state index is 14.7. The maximum Gasteiger partial charge on any atom is 0.255 e. The van der Waals surface area contributed by atoms with E-state index in [4.69, 9.17) is 0 Å². The third kappa shape index (κ3) is 2.85. The van der Waals surface area contributed by atoms with Crippen molar-refractivity contribution in [3.05, 3.63) is 29.1 Å². The number of carbonyl (C=O) groups excluding carboxylic acids is 3. The number of amides is 3. The first-order chi connectivity index (χ1) is 12.4. The summed E-state index contributed by atoms with van der Waals surface area (Å²) in [6, 6.07) is 2.39. The van der Waals surface area contributed by atoms with Crippen molar-refractivity contribution in [3.63, 3.8) is 0 Å². The highest BCUT2D eigenvalue weighted by Crippen LogP contribution is 2.33. The number of fused-ring (bicyclic) bond motifs is 1. The van der Waals surface area contributed by atoms with Crippen LogP contribution in [-0.2, 0) is 16.1 Å². The highest BCUT2D eigenvalue weighted by molar-refractivity contribution is 6.05. The Balaban J connectivity index is 1.58. The summed E-state index contributed by atoms with van der Waals surface area (Å²) in [6.07, 6.45) is 2.57. The molecule has 6 nitrogen and oxygen atoms in total. The van der Waals surface area contributed by atoms with Crippen LogP contribution in [0.2, 0.25) is 0 Å². The van der Waals surface area contributed by atoms with E-state index >= 15 is 0 Å². The average Bonchev–Trinajstić information content (AvgIpc) is 2.91. The number of imide groups is 1. The molecule has 7 heteroatoms. The van der Waals surface area contributed by atoms with Crippen molar-refractivity contribution in [2.75, 3.05) is 18.0 Å². The summed E-state index contributed by atoms with van der Waals surface area (Å²) in [5.74, 6) is -0.853. The molecule has 26 heavy (non-hydrogen) atoms. The molecule has 1 aromatic carbocycles. The number of nitrogens with zero attached hydrogens (tertiary/aromatic N) is 2. The molecule has 0 spiro atoms. The Bertz CT molecular complexity index is 786. The lowest BCUT2D eigenvalue weighted by atomic mass is 9.98. The molecule has 0 radical (unpaired) electrons. The predicted molar refractivity (Wildman–Crippen MR) is 93.1 cm³/mol. The molecule has 1 atom stereocenters. The van der Waals surface area contributed by atoms with Gasteiger partial charge in [-0.2, -0.15) is 0 Å². The standard InChI is InChI=1S/C19H22FN3O3/c1-11-4-6-22(7-5-11)16-8-12-10-23(19(26)13(12)9-14(16)20)15-2-3-17(24)21-18(15)25/h8-9,11,15H,2-7,10H2,1H3,(H,21,24,25). The van der Waals surface area contributed by atoms with E-state index < -0.39 is 17.8 Å². The maximum atomic E-state index is 14.7. The predicted octanol–water partition coefficient (Wildman–Crippen LogP) is 1.82. The summed E-state index contributed by atoms with van der Waals surface area (Å²) < 4.78 is 14.7. The first kappa shape index (κ1) is 17.0. The molecule has 2 fully saturated rings. The van der Waals surface area contributed by atoms with Crippen LogP contribution in [0.4, 0.5) is 10.1 Å². The van der Waals surface area contributed by atoms with Crippen molar-refractivity contribution in [1.29, 1.82) is 0 Å². The van der Waals surface area contributed by atoms with Crippen LogP contribution < -0.4 is 10.2 Å². The van der Waals surface area contributed by atoms with Gasteiger partial charge in [0.2, 0.25) is 11.8 Å². The molecular formula is C19H22FN3O3. The van der Waals surface area contributed by atoms with Gasteiger partial charge in [-0.25, -0.2) is 4.39 Å². The zero-order valence-corrected chi connectivity index (χ0v) is 14.8. The van der Waals surface area contributed by atoms with Gasteiger partial charge >= 0.3 is 0 Å². The fourth-order valence-electron chi connectivity index (χ4n) is 4.07. The van der Waals surface area contributed by atoms with Crippen LogP contribution in [0, 0.1) is 11.7 Å². The zero-order valence-electron chi connectivity index (χ0n) is 14.8. The van der Waals surface area contributed by atoms with Gasteiger partial charge in [-0.3, -0.25) is 19.7 Å². The lowest BCUT2D eigenvalue weighted by Gasteiger charge is -2.32. The Morgan fingerprint density at radius 1 is 1.12 bits per heavy atom. The molecule has 3 heterocycles. The smallest absolute Gasteiger partial charge is 0.255 e. The van der Waals surface area contributed by atoms with Gasteiger partial charge in [0, 0.05) is 31.6 Å². The van der Waals surface area contributed by atoms with Crippen LogP contribution in [0.15, 0.2) is 12.1 Å². The highest BCUT2D eigenvalue weighted by atomic mass is 19.1. The first-order valence-electron chi connectivity index (χ1n) is 9.16. The number of hydrogen-bond acceptors (Lipinski definition) is 4. The van der Waals surface area contributed by atoms with Crippen molar-refractivity contribution in [1.82, 2.24) is 10.2 Å². The van der Waals surface area contributed by atoms with Gasteiger partial charge in [-0.1, -0.05) is 6.92 Å². The van der Waals surface area contributed by atoms with Crippen molar-refractivity contribution >= 4 is 23.4 Å². The summed E-state index contributed by atoms with van der Waals surface area (Å²) in [6.45, 7) is 4.09. The molecule has 138 valence electrons. The van der Waals surface area contributed by atoms with Crippen LogP contribution in [0.25, 0.3) is 0 Å². The molecule has 1 unspecified atom stereocenters. The molecule has 0 aliphatic carbocycles. The number of halogens is 1. The molecule has 1 N–H and O–H groups in total. The molecule has 0 saturated carbocycles. The minimum Gasteiger partial charge on any atom is -0.369 e. The summed E-state index contributed by atoms with van der Waals surface area (Å²) in [5.41, 5.74) is 1.60. The topological polar surface area (TPSA) is 69.7 Å². The fraction of sp³-hybridized carbons (Fsp3) is 0.526. The van der Waals surface area contributed by atoms with Crippen molar-refractivity contribution < 1.29 is 18.8 Å². The van der Waals surface area contributed by atoms with Gasteiger partial charge in [0.1, 0.15) is 11.9 Å². The number of hydrogen-bond donors (Lipinski definition) is 1. The summed E-state index contributed by atoms with van der Waals surface area (Å²) in [5, 5.41) is 2.28. The Kier molecular flexibility index (Phi) is 4.17. The monoisotopic (exact) mass is 359 g/mol. The van der Waals surface area contributed by atoms with Crippen LogP contribution in [0.3, 0.4) is 0 Å². The minimum atomic E-state index is -0.671. The number of carbonyl (C=O) groups is 3. The largest absolute Gasteiger partial charge is 0.369 e. The molecule has 2 saturated heterocycles. The van der Waals surface area contributed by atoms with Gasteiger partial charge in [-0.15, -0.1) is 0 Å². The molecule has 3 amide bonds. The van der Waals surface area contributed by atoms with Crippen molar-refractivity contribution in [3.8, 4) is 0 Å². The third-order valence-electron chi connectivity index (χ3n) is 5.72. The van der Waals surface area contributed by atoms with Gasteiger partial charge in [0.15, 0.2) is 0 Å². The molecular weight excluding hydrogens is 337 g/mol. The van der Waals surface area contributed by atoms with Crippen LogP contribution in [-0.4, -0.2) is 41.8 Å². The second kappa shape index (κ2) is 6.37. The summed E-state index contributed by atoms with van der Waals surface area (Å²) in [7, 11) is 0. The third-order valence-corrected chi connectivity index (χ3v) is 5.72. The van der Waals surface area contributed by atoms with Gasteiger partial charge in [0.25, 0.3) is 5.91 Å². The average molecular weight is 359 g/mol. The number of nitrogens with one attached hydrogen (secondary N) is 1. The van der Waals surface area contributed by atoms with E-state index in [0.717, 1.165) is 31.5 Å². The van der Waals surface area contributed by atoms with Gasteiger partial charge in [-0.05, 0) is 42.9 Å². The molecule has 0 bridgehead atoms. The fourth-order valence-corrected chi connectivity index (χ4v) is 4.07. The minimum absolute atomic E-state index is 0.210. The molecule has 3 aliphatic rings. The second-order valence-electron chi connectivity index (χ2n) is 7.53. The van der Waals surface area contributed by atoms with Gasteiger partial charge in [0.05, 0.1) is 5.69 Å². The highest BCUT2D eigenvalue weighted by Gasteiger charge is 2.39. The normalized spacial score (nSPS) is 24.1. The second-order valence-corrected chi connectivity index (χ2v) is 7.53. The first-order valence-corrected chi connectivity index (χ1v) is 9.16. The Morgan fingerprint density at radius 2 is 1.85 bits per heavy atom. The van der Waals surface area contributed by atoms with E-state index in [-0.39, 0.29) is 24.8 Å². The molecule has 0 aromatic heterocycles. The summed E-state index contributed by atoms with van der Waals surface area (Å²) in [4.78, 5) is 39.6. The number of benzene rings is 1. The van der Waals surface area contributed by atoms with Crippen LogP contribution >= 0.6 is 0 Å². The van der Waals surface area contributed by atoms with E-state index in [0.29, 0.717) is 23.6 Å². The van der Waals surface area contributed by atoms with Crippen LogP contribution in [0.1, 0.15) is 48.5 Å². The quantitative estimate of drug-likeness (QED) is 0.818. The molecule has 4 rings (SSSR count). The lowest BCUT2D eigenvalue weighted by molar-refractivity contribution is -0.136. The number of anilines is 1. The Morgan fingerprint density at radius 3 is 2.54 bits per heavy atom. The lowest BCUT2D eigenvalue weighted by Crippen LogP contribution is -2.52. The van der Waals surface area contributed by atoms with E-state index in [1.807, 2.05) is 4.90 Å². The Labute approximate surface area is 151 Å².